The second-order valence-electron chi connectivity index (χ2n) is 5.26. The first-order chi connectivity index (χ1) is 11.2. The number of ether oxygens (including phenoxy) is 1. The summed E-state index contributed by atoms with van der Waals surface area (Å²) in [5, 5.41) is 6.40. The molecule has 0 atom stereocenters. The zero-order chi connectivity index (χ0) is 16.5. The molecule has 0 spiro atoms. The number of nitrogens with zero attached hydrogens (tertiary/aromatic N) is 2. The Morgan fingerprint density at radius 1 is 1.13 bits per heavy atom. The molecule has 0 amide bonds. The van der Waals surface area contributed by atoms with Gasteiger partial charge in [-0.2, -0.15) is 4.98 Å². The predicted molar refractivity (Wildman–Crippen MR) is 90.3 cm³/mol. The minimum absolute atomic E-state index is 0.181. The fraction of sp³-hybridized carbons (Fsp3) is 0.412. The Hall–Kier alpha value is -2.21. The van der Waals surface area contributed by atoms with Gasteiger partial charge < -0.3 is 15.4 Å². The average molecular weight is 318 g/mol. The molecule has 23 heavy (non-hydrogen) atoms. The van der Waals surface area contributed by atoms with E-state index in [1.165, 1.54) is 6.07 Å². The van der Waals surface area contributed by atoms with E-state index in [2.05, 4.69) is 20.6 Å². The van der Waals surface area contributed by atoms with Crippen molar-refractivity contribution in [2.75, 3.05) is 37.4 Å². The standard InChI is InChI=1S/C17H23FN4O/c1-13-12-16(19-9-5-11-23-2)22-17(21-13)20-10-8-14-6-3-4-7-15(14)18/h3-4,6-7,12H,5,8-11H2,1-2H3,(H2,19,20,21,22). The molecule has 0 saturated heterocycles. The van der Waals surface area contributed by atoms with Crippen molar-refractivity contribution >= 4 is 11.8 Å². The van der Waals surface area contributed by atoms with Crippen LogP contribution in [0.15, 0.2) is 30.3 Å². The molecular weight excluding hydrogens is 295 g/mol. The van der Waals surface area contributed by atoms with Gasteiger partial charge >= 0.3 is 0 Å². The highest BCUT2D eigenvalue weighted by Crippen LogP contribution is 2.11. The number of nitrogens with one attached hydrogen (secondary N) is 2. The SMILES string of the molecule is COCCCNc1cc(C)nc(NCCc2ccccc2F)n1. The second kappa shape index (κ2) is 9.05. The van der Waals surface area contributed by atoms with Gasteiger partial charge in [0.25, 0.3) is 0 Å². The van der Waals surface area contributed by atoms with Gasteiger partial charge in [-0.15, -0.1) is 0 Å². The third-order valence-electron chi connectivity index (χ3n) is 3.32. The lowest BCUT2D eigenvalue weighted by atomic mass is 10.1. The van der Waals surface area contributed by atoms with Gasteiger partial charge in [-0.1, -0.05) is 18.2 Å². The highest BCUT2D eigenvalue weighted by Gasteiger charge is 2.04. The summed E-state index contributed by atoms with van der Waals surface area (Å²) in [6, 6.07) is 8.69. The largest absolute Gasteiger partial charge is 0.385 e. The number of anilines is 2. The Morgan fingerprint density at radius 2 is 1.96 bits per heavy atom. The third kappa shape index (κ3) is 5.83. The van der Waals surface area contributed by atoms with E-state index in [0.717, 1.165) is 24.5 Å². The van der Waals surface area contributed by atoms with Crippen LogP contribution in [0.4, 0.5) is 16.2 Å². The molecule has 0 fully saturated rings. The molecule has 0 aliphatic carbocycles. The summed E-state index contributed by atoms with van der Waals surface area (Å²) in [7, 11) is 1.69. The number of hydrogen-bond donors (Lipinski definition) is 2. The summed E-state index contributed by atoms with van der Waals surface area (Å²) in [6.45, 7) is 4.00. The van der Waals surface area contributed by atoms with E-state index in [4.69, 9.17) is 4.74 Å². The normalized spacial score (nSPS) is 10.6. The van der Waals surface area contributed by atoms with Gasteiger partial charge in [-0.05, 0) is 31.4 Å². The molecule has 2 aromatic rings. The van der Waals surface area contributed by atoms with Crippen LogP contribution >= 0.6 is 0 Å². The average Bonchev–Trinajstić information content (AvgIpc) is 2.53. The molecule has 0 saturated carbocycles. The van der Waals surface area contributed by atoms with E-state index in [1.807, 2.05) is 19.1 Å². The highest BCUT2D eigenvalue weighted by atomic mass is 19.1. The number of methoxy groups -OCH3 is 1. The smallest absolute Gasteiger partial charge is 0.224 e. The quantitative estimate of drug-likeness (QED) is 0.696. The number of halogens is 1. The topological polar surface area (TPSA) is 59.1 Å². The fourth-order valence-corrected chi connectivity index (χ4v) is 2.18. The zero-order valence-corrected chi connectivity index (χ0v) is 13.6. The van der Waals surface area contributed by atoms with Gasteiger partial charge in [0.2, 0.25) is 5.95 Å². The van der Waals surface area contributed by atoms with Crippen molar-refractivity contribution in [1.29, 1.82) is 0 Å². The van der Waals surface area contributed by atoms with Crippen molar-refractivity contribution in [2.24, 2.45) is 0 Å². The van der Waals surface area contributed by atoms with Crippen LogP contribution in [0, 0.1) is 12.7 Å². The van der Waals surface area contributed by atoms with Gasteiger partial charge in [-0.25, -0.2) is 9.37 Å². The predicted octanol–water partition coefficient (Wildman–Crippen LogP) is 3.03. The molecule has 0 aliphatic heterocycles. The maximum absolute atomic E-state index is 13.6. The first kappa shape index (κ1) is 17.1. The van der Waals surface area contributed by atoms with Crippen molar-refractivity contribution in [3.05, 3.63) is 47.4 Å². The molecule has 0 aliphatic rings. The Kier molecular flexibility index (Phi) is 6.75. The van der Waals surface area contributed by atoms with Crippen molar-refractivity contribution in [3.8, 4) is 0 Å². The molecule has 0 bridgehead atoms. The maximum Gasteiger partial charge on any atom is 0.224 e. The number of aryl methyl sites for hydroxylation is 1. The highest BCUT2D eigenvalue weighted by molar-refractivity contribution is 5.42. The summed E-state index contributed by atoms with van der Waals surface area (Å²) >= 11 is 0. The number of aromatic nitrogens is 2. The van der Waals surface area contributed by atoms with E-state index >= 15 is 0 Å². The van der Waals surface area contributed by atoms with Crippen molar-refractivity contribution < 1.29 is 9.13 Å². The summed E-state index contributed by atoms with van der Waals surface area (Å²) in [5.41, 5.74) is 1.56. The van der Waals surface area contributed by atoms with E-state index in [1.54, 1.807) is 19.2 Å². The van der Waals surface area contributed by atoms with Gasteiger partial charge in [0, 0.05) is 38.6 Å². The number of rotatable bonds is 9. The molecular formula is C17H23FN4O. The lowest BCUT2D eigenvalue weighted by Crippen LogP contribution is -2.12. The lowest BCUT2D eigenvalue weighted by molar-refractivity contribution is 0.198. The van der Waals surface area contributed by atoms with Crippen LogP contribution < -0.4 is 10.6 Å². The molecule has 124 valence electrons. The Bertz CT molecular complexity index is 621. The molecule has 1 aromatic carbocycles. The summed E-state index contributed by atoms with van der Waals surface area (Å²) in [4.78, 5) is 8.77. The van der Waals surface area contributed by atoms with E-state index < -0.39 is 0 Å². The summed E-state index contributed by atoms with van der Waals surface area (Å²) < 4.78 is 18.6. The van der Waals surface area contributed by atoms with Crippen LogP contribution in [0.2, 0.25) is 0 Å². The van der Waals surface area contributed by atoms with Crippen LogP contribution in [0.3, 0.4) is 0 Å². The van der Waals surface area contributed by atoms with Crippen LogP contribution in [-0.2, 0) is 11.2 Å². The Morgan fingerprint density at radius 3 is 2.74 bits per heavy atom. The molecule has 2 N–H and O–H groups in total. The first-order valence-corrected chi connectivity index (χ1v) is 7.75. The molecule has 2 rings (SSSR count). The fourth-order valence-electron chi connectivity index (χ4n) is 2.18. The second-order valence-corrected chi connectivity index (χ2v) is 5.26. The molecule has 0 radical (unpaired) electrons. The lowest BCUT2D eigenvalue weighted by Gasteiger charge is -2.10. The number of benzene rings is 1. The van der Waals surface area contributed by atoms with E-state index in [-0.39, 0.29) is 5.82 Å². The molecule has 6 heteroatoms. The number of hydrogen-bond acceptors (Lipinski definition) is 5. The first-order valence-electron chi connectivity index (χ1n) is 7.75. The summed E-state index contributed by atoms with van der Waals surface area (Å²) in [6.07, 6.45) is 1.50. The Balaban J connectivity index is 1.87. The van der Waals surface area contributed by atoms with E-state index in [9.17, 15) is 4.39 Å². The van der Waals surface area contributed by atoms with Crippen LogP contribution in [-0.4, -0.2) is 36.8 Å². The molecule has 1 heterocycles. The van der Waals surface area contributed by atoms with Crippen LogP contribution in [0.25, 0.3) is 0 Å². The van der Waals surface area contributed by atoms with Crippen LogP contribution in [0.1, 0.15) is 17.7 Å². The Labute approximate surface area is 136 Å². The van der Waals surface area contributed by atoms with Gasteiger partial charge in [0.15, 0.2) is 0 Å². The van der Waals surface area contributed by atoms with E-state index in [0.29, 0.717) is 31.1 Å². The van der Waals surface area contributed by atoms with Crippen LogP contribution in [0.5, 0.6) is 0 Å². The van der Waals surface area contributed by atoms with Gasteiger partial charge in [0.05, 0.1) is 0 Å². The molecule has 1 aromatic heterocycles. The zero-order valence-electron chi connectivity index (χ0n) is 13.6. The van der Waals surface area contributed by atoms with Gasteiger partial charge in [-0.3, -0.25) is 0 Å². The van der Waals surface area contributed by atoms with Crippen molar-refractivity contribution in [3.63, 3.8) is 0 Å². The monoisotopic (exact) mass is 318 g/mol. The minimum Gasteiger partial charge on any atom is -0.385 e. The molecule has 5 nitrogen and oxygen atoms in total. The maximum atomic E-state index is 13.6. The molecule has 0 unspecified atom stereocenters. The van der Waals surface area contributed by atoms with Gasteiger partial charge in [0.1, 0.15) is 11.6 Å². The van der Waals surface area contributed by atoms with Crippen molar-refractivity contribution in [1.82, 2.24) is 9.97 Å². The minimum atomic E-state index is -0.181. The van der Waals surface area contributed by atoms with Crippen molar-refractivity contribution in [2.45, 2.75) is 19.8 Å². The third-order valence-corrected chi connectivity index (χ3v) is 3.32. The summed E-state index contributed by atoms with van der Waals surface area (Å²) in [5.74, 6) is 1.15.